The molecule has 0 bridgehead atoms. The van der Waals surface area contributed by atoms with E-state index in [1.165, 1.54) is 9.80 Å². The molecule has 1 atom stereocenters. The quantitative estimate of drug-likeness (QED) is 0.818. The summed E-state index contributed by atoms with van der Waals surface area (Å²) in [6.45, 7) is 2.13. The summed E-state index contributed by atoms with van der Waals surface area (Å²) >= 11 is 0. The molecule has 1 aromatic rings. The zero-order chi connectivity index (χ0) is 16.4. The van der Waals surface area contributed by atoms with Gasteiger partial charge < -0.3 is 24.7 Å². The number of anilines is 2. The van der Waals surface area contributed by atoms with E-state index in [1.54, 1.807) is 18.3 Å². The van der Waals surface area contributed by atoms with Crippen molar-refractivity contribution in [3.05, 3.63) is 18.3 Å². The third-order valence-corrected chi connectivity index (χ3v) is 4.00. The Morgan fingerprint density at radius 3 is 2.57 bits per heavy atom. The lowest BCUT2D eigenvalue weighted by atomic mass is 10.3. The molecule has 2 aliphatic rings. The molecule has 0 unspecified atom stereocenters. The summed E-state index contributed by atoms with van der Waals surface area (Å²) in [7, 11) is 0. The van der Waals surface area contributed by atoms with Gasteiger partial charge in [-0.25, -0.2) is 14.6 Å². The van der Waals surface area contributed by atoms with Crippen LogP contribution in [0.3, 0.4) is 0 Å². The molecule has 23 heavy (non-hydrogen) atoms. The molecule has 0 saturated carbocycles. The van der Waals surface area contributed by atoms with Gasteiger partial charge in [0.15, 0.2) is 0 Å². The summed E-state index contributed by atoms with van der Waals surface area (Å²) in [5.41, 5.74) is 0.610. The van der Waals surface area contributed by atoms with E-state index in [0.29, 0.717) is 38.4 Å². The highest BCUT2D eigenvalue weighted by atomic mass is 16.6. The molecule has 0 radical (unpaired) electrons. The average molecular weight is 322 g/mol. The summed E-state index contributed by atoms with van der Waals surface area (Å²) in [5, 5.41) is 18.0. The maximum atomic E-state index is 11.7. The van der Waals surface area contributed by atoms with Crippen LogP contribution in [0.4, 0.5) is 21.1 Å². The van der Waals surface area contributed by atoms with Crippen LogP contribution in [-0.4, -0.2) is 77.7 Å². The van der Waals surface area contributed by atoms with Gasteiger partial charge >= 0.3 is 12.2 Å². The molecule has 2 saturated heterocycles. The molecule has 124 valence electrons. The monoisotopic (exact) mass is 322 g/mol. The highest BCUT2D eigenvalue weighted by molar-refractivity contribution is 5.89. The summed E-state index contributed by atoms with van der Waals surface area (Å²) in [6.07, 6.45) is -0.321. The molecule has 3 rings (SSSR count). The van der Waals surface area contributed by atoms with Crippen LogP contribution >= 0.6 is 0 Å². The topological polar surface area (TPSA) is 106 Å². The van der Waals surface area contributed by atoms with E-state index in [2.05, 4.69) is 4.98 Å². The average Bonchev–Trinajstić information content (AvgIpc) is 2.96. The Hall–Kier alpha value is -2.55. The standard InChI is InChI=1S/C14H18N4O5/c19-9-11-8-18(14(22)23-11)10-1-2-12(15-7-10)16-3-5-17(6-4-16)13(20)21/h1-2,7,11,19H,3-6,8-9H2,(H,20,21)/t11-/m1/s1. The number of rotatable bonds is 3. The van der Waals surface area contributed by atoms with Gasteiger partial charge in [-0.1, -0.05) is 0 Å². The van der Waals surface area contributed by atoms with Gasteiger partial charge in [-0.15, -0.1) is 0 Å². The third-order valence-electron chi connectivity index (χ3n) is 4.00. The normalized spacial score (nSPS) is 21.5. The number of pyridine rings is 1. The minimum absolute atomic E-state index is 0.207. The molecule has 9 nitrogen and oxygen atoms in total. The first-order chi connectivity index (χ1) is 11.1. The molecular weight excluding hydrogens is 304 g/mol. The molecule has 0 aliphatic carbocycles. The number of amides is 2. The first-order valence-corrected chi connectivity index (χ1v) is 7.36. The van der Waals surface area contributed by atoms with E-state index >= 15 is 0 Å². The summed E-state index contributed by atoms with van der Waals surface area (Å²) in [4.78, 5) is 31.8. The molecule has 9 heteroatoms. The van der Waals surface area contributed by atoms with Crippen LogP contribution in [0.15, 0.2) is 18.3 Å². The maximum absolute atomic E-state index is 11.7. The van der Waals surface area contributed by atoms with Gasteiger partial charge in [0, 0.05) is 26.2 Å². The van der Waals surface area contributed by atoms with E-state index in [-0.39, 0.29) is 6.61 Å². The second kappa shape index (κ2) is 6.29. The lowest BCUT2D eigenvalue weighted by Gasteiger charge is -2.33. The lowest BCUT2D eigenvalue weighted by Crippen LogP contribution is -2.48. The Bertz CT molecular complexity index is 585. The van der Waals surface area contributed by atoms with Crippen LogP contribution < -0.4 is 9.80 Å². The van der Waals surface area contributed by atoms with Crippen LogP contribution in [-0.2, 0) is 4.74 Å². The Kier molecular flexibility index (Phi) is 4.20. The van der Waals surface area contributed by atoms with Gasteiger partial charge in [0.2, 0.25) is 0 Å². The number of ether oxygens (including phenoxy) is 1. The molecule has 2 amide bonds. The number of carboxylic acid groups (broad SMARTS) is 1. The van der Waals surface area contributed by atoms with E-state index < -0.39 is 18.3 Å². The Morgan fingerprint density at radius 1 is 1.30 bits per heavy atom. The van der Waals surface area contributed by atoms with E-state index in [9.17, 15) is 9.59 Å². The number of aliphatic hydroxyl groups excluding tert-OH is 1. The van der Waals surface area contributed by atoms with Crippen molar-refractivity contribution >= 4 is 23.7 Å². The second-order valence-corrected chi connectivity index (χ2v) is 5.43. The van der Waals surface area contributed by atoms with Crippen molar-refractivity contribution in [2.24, 2.45) is 0 Å². The molecule has 3 heterocycles. The van der Waals surface area contributed by atoms with Crippen molar-refractivity contribution in [3.8, 4) is 0 Å². The molecule has 0 spiro atoms. The van der Waals surface area contributed by atoms with Crippen molar-refractivity contribution < 1.29 is 24.5 Å². The summed E-state index contributed by atoms with van der Waals surface area (Å²) in [6, 6.07) is 3.57. The smallest absolute Gasteiger partial charge is 0.414 e. The van der Waals surface area contributed by atoms with Gasteiger partial charge in [0.05, 0.1) is 25.0 Å². The SMILES string of the molecule is O=C(O)N1CCN(c2ccc(N3C[C@H](CO)OC3=O)cn2)CC1. The zero-order valence-electron chi connectivity index (χ0n) is 12.5. The first kappa shape index (κ1) is 15.3. The second-order valence-electron chi connectivity index (χ2n) is 5.43. The van der Waals surface area contributed by atoms with Crippen molar-refractivity contribution in [3.63, 3.8) is 0 Å². The number of hydrogen-bond acceptors (Lipinski definition) is 6. The molecular formula is C14H18N4O5. The number of piperazine rings is 1. The minimum atomic E-state index is -0.904. The Balaban J connectivity index is 1.64. The van der Waals surface area contributed by atoms with Gasteiger partial charge in [0.1, 0.15) is 11.9 Å². The van der Waals surface area contributed by atoms with E-state index in [1.807, 2.05) is 4.90 Å². The third kappa shape index (κ3) is 3.14. The van der Waals surface area contributed by atoms with Gasteiger partial charge in [-0.05, 0) is 12.1 Å². The highest BCUT2D eigenvalue weighted by Gasteiger charge is 2.32. The molecule has 2 aliphatic heterocycles. The fourth-order valence-electron chi connectivity index (χ4n) is 2.68. The van der Waals surface area contributed by atoms with Gasteiger partial charge in [0.25, 0.3) is 0 Å². The van der Waals surface area contributed by atoms with Crippen LogP contribution in [0.5, 0.6) is 0 Å². The minimum Gasteiger partial charge on any atom is -0.465 e. The van der Waals surface area contributed by atoms with Crippen LogP contribution in [0.2, 0.25) is 0 Å². The Labute approximate surface area is 132 Å². The number of aromatic nitrogens is 1. The Morgan fingerprint density at radius 2 is 2.04 bits per heavy atom. The fourth-order valence-corrected chi connectivity index (χ4v) is 2.68. The maximum Gasteiger partial charge on any atom is 0.414 e. The van der Waals surface area contributed by atoms with Gasteiger partial charge in [-0.3, -0.25) is 4.90 Å². The summed E-state index contributed by atoms with van der Waals surface area (Å²) in [5.74, 6) is 0.741. The van der Waals surface area contributed by atoms with Crippen molar-refractivity contribution in [2.75, 3.05) is 49.1 Å². The number of nitrogens with zero attached hydrogens (tertiary/aromatic N) is 4. The predicted molar refractivity (Wildman–Crippen MR) is 80.7 cm³/mol. The highest BCUT2D eigenvalue weighted by Crippen LogP contribution is 2.23. The van der Waals surface area contributed by atoms with Crippen LogP contribution in [0.25, 0.3) is 0 Å². The molecule has 2 fully saturated rings. The predicted octanol–water partition coefficient (Wildman–Crippen LogP) is 0.199. The van der Waals surface area contributed by atoms with E-state index in [0.717, 1.165) is 5.82 Å². The van der Waals surface area contributed by atoms with Crippen molar-refractivity contribution in [1.29, 1.82) is 0 Å². The van der Waals surface area contributed by atoms with Crippen molar-refractivity contribution in [1.82, 2.24) is 9.88 Å². The zero-order valence-corrected chi connectivity index (χ0v) is 12.5. The lowest BCUT2D eigenvalue weighted by molar-refractivity contribution is 0.0963. The summed E-state index contributed by atoms with van der Waals surface area (Å²) < 4.78 is 5.00. The number of aliphatic hydroxyl groups is 1. The number of cyclic esters (lactones) is 1. The number of carbonyl (C=O) groups is 2. The van der Waals surface area contributed by atoms with Gasteiger partial charge in [-0.2, -0.15) is 0 Å². The number of carbonyl (C=O) groups excluding carboxylic acids is 1. The fraction of sp³-hybridized carbons (Fsp3) is 0.500. The van der Waals surface area contributed by atoms with Crippen LogP contribution in [0.1, 0.15) is 0 Å². The number of hydrogen-bond donors (Lipinski definition) is 2. The van der Waals surface area contributed by atoms with Crippen molar-refractivity contribution in [2.45, 2.75) is 6.10 Å². The molecule has 0 aromatic carbocycles. The largest absolute Gasteiger partial charge is 0.465 e. The molecule has 2 N–H and O–H groups in total. The molecule has 1 aromatic heterocycles. The van der Waals surface area contributed by atoms with Crippen LogP contribution in [0, 0.1) is 0 Å². The first-order valence-electron chi connectivity index (χ1n) is 7.36. The van der Waals surface area contributed by atoms with E-state index in [4.69, 9.17) is 14.9 Å².